The third kappa shape index (κ3) is 6.74. The first-order valence-electron chi connectivity index (χ1n) is 10.7. The molecule has 1 N–H and O–H groups in total. The molecule has 2 atom stereocenters. The van der Waals surface area contributed by atoms with E-state index in [4.69, 9.17) is 27.9 Å². The van der Waals surface area contributed by atoms with Gasteiger partial charge in [-0.25, -0.2) is 0 Å². The standard InChI is InChI=1S/C27H26Cl2N2O2/c1-18(31-26(32)27(2,3)33-24-9-5-8-23(29)16-24)25(15-19-10-12-22(28)13-11-19)21-7-4-6-20(14-21)17-30/h4-14,16,18,25H,15H2,1-3H3,(H,31,32)/t18-,25-/m1/s1. The summed E-state index contributed by atoms with van der Waals surface area (Å²) in [6.07, 6.45) is 0.670. The summed E-state index contributed by atoms with van der Waals surface area (Å²) >= 11 is 12.1. The SMILES string of the molecule is C[C@@H](NC(=O)C(C)(C)Oc1cccc(Cl)c1)[C@@H](Cc1ccc(Cl)cc1)c1cccc(C#N)c1. The summed E-state index contributed by atoms with van der Waals surface area (Å²) in [4.78, 5) is 13.2. The number of benzene rings is 3. The van der Waals surface area contributed by atoms with E-state index in [-0.39, 0.29) is 17.9 Å². The quantitative estimate of drug-likeness (QED) is 0.397. The number of halogens is 2. The fourth-order valence-corrected chi connectivity index (χ4v) is 3.96. The van der Waals surface area contributed by atoms with Gasteiger partial charge in [0.1, 0.15) is 5.75 Å². The Bertz CT molecular complexity index is 1150. The van der Waals surface area contributed by atoms with Gasteiger partial charge in [-0.15, -0.1) is 0 Å². The molecule has 3 rings (SSSR count). The predicted octanol–water partition coefficient (Wildman–Crippen LogP) is 6.55. The lowest BCUT2D eigenvalue weighted by molar-refractivity contribution is -0.135. The molecule has 3 aromatic carbocycles. The number of hydrogen-bond donors (Lipinski definition) is 1. The molecule has 0 aliphatic carbocycles. The van der Waals surface area contributed by atoms with E-state index in [1.54, 1.807) is 44.2 Å². The van der Waals surface area contributed by atoms with Crippen LogP contribution in [0.5, 0.6) is 5.75 Å². The van der Waals surface area contributed by atoms with Gasteiger partial charge in [0.05, 0.1) is 11.6 Å². The molecular formula is C27H26Cl2N2O2. The highest BCUT2D eigenvalue weighted by molar-refractivity contribution is 6.30. The highest BCUT2D eigenvalue weighted by Gasteiger charge is 2.33. The van der Waals surface area contributed by atoms with Crippen molar-refractivity contribution in [3.8, 4) is 11.8 Å². The molecule has 170 valence electrons. The van der Waals surface area contributed by atoms with E-state index < -0.39 is 5.60 Å². The molecule has 0 unspecified atom stereocenters. The summed E-state index contributed by atoms with van der Waals surface area (Å²) in [7, 11) is 0. The normalized spacial score (nSPS) is 13.0. The average molecular weight is 481 g/mol. The van der Waals surface area contributed by atoms with Crippen molar-refractivity contribution >= 4 is 29.1 Å². The van der Waals surface area contributed by atoms with Gasteiger partial charge in [0, 0.05) is 22.0 Å². The molecule has 0 aromatic heterocycles. The number of nitrogens with one attached hydrogen (secondary N) is 1. The topological polar surface area (TPSA) is 62.1 Å². The van der Waals surface area contributed by atoms with Crippen LogP contribution in [-0.4, -0.2) is 17.6 Å². The maximum absolute atomic E-state index is 13.2. The van der Waals surface area contributed by atoms with Crippen molar-refractivity contribution in [2.45, 2.75) is 44.8 Å². The van der Waals surface area contributed by atoms with E-state index >= 15 is 0 Å². The number of carbonyl (C=O) groups is 1. The van der Waals surface area contributed by atoms with Crippen LogP contribution >= 0.6 is 23.2 Å². The first-order chi connectivity index (χ1) is 15.7. The zero-order chi connectivity index (χ0) is 24.0. The number of ether oxygens (including phenoxy) is 1. The highest BCUT2D eigenvalue weighted by atomic mass is 35.5. The molecule has 0 spiro atoms. The summed E-state index contributed by atoms with van der Waals surface area (Å²) in [5.41, 5.74) is 1.53. The Kier molecular flexibility index (Phi) is 8.02. The second kappa shape index (κ2) is 10.7. The molecular weight excluding hydrogens is 455 g/mol. The summed E-state index contributed by atoms with van der Waals surface area (Å²) in [6.45, 7) is 5.41. The summed E-state index contributed by atoms with van der Waals surface area (Å²) in [6, 6.07) is 24.1. The summed E-state index contributed by atoms with van der Waals surface area (Å²) in [5, 5.41) is 13.7. The van der Waals surface area contributed by atoms with Gasteiger partial charge < -0.3 is 10.1 Å². The van der Waals surface area contributed by atoms with Crippen molar-refractivity contribution < 1.29 is 9.53 Å². The monoisotopic (exact) mass is 480 g/mol. The summed E-state index contributed by atoms with van der Waals surface area (Å²) < 4.78 is 5.94. The Morgan fingerprint density at radius 2 is 1.73 bits per heavy atom. The Hall–Kier alpha value is -3.00. The lowest BCUT2D eigenvalue weighted by atomic mass is 9.85. The Morgan fingerprint density at radius 3 is 2.39 bits per heavy atom. The maximum atomic E-state index is 13.2. The second-order valence-electron chi connectivity index (χ2n) is 8.51. The third-order valence-electron chi connectivity index (χ3n) is 5.49. The van der Waals surface area contributed by atoms with Crippen LogP contribution in [0.3, 0.4) is 0 Å². The fraction of sp³-hybridized carbons (Fsp3) is 0.259. The molecule has 6 heteroatoms. The van der Waals surface area contributed by atoms with Crippen LogP contribution in [0.2, 0.25) is 10.0 Å². The number of rotatable bonds is 8. The van der Waals surface area contributed by atoms with E-state index in [9.17, 15) is 10.1 Å². The molecule has 0 fully saturated rings. The van der Waals surface area contributed by atoms with Gasteiger partial charge in [0.25, 0.3) is 5.91 Å². The molecule has 0 aliphatic rings. The highest BCUT2D eigenvalue weighted by Crippen LogP contribution is 2.28. The van der Waals surface area contributed by atoms with Gasteiger partial charge >= 0.3 is 0 Å². The number of hydrogen-bond acceptors (Lipinski definition) is 3. The largest absolute Gasteiger partial charge is 0.478 e. The minimum absolute atomic E-state index is 0.0644. The van der Waals surface area contributed by atoms with Crippen molar-refractivity contribution in [2.75, 3.05) is 0 Å². The molecule has 33 heavy (non-hydrogen) atoms. The van der Waals surface area contributed by atoms with E-state index in [2.05, 4.69) is 11.4 Å². The van der Waals surface area contributed by atoms with Gasteiger partial charge in [-0.05, 0) is 80.8 Å². The molecule has 0 saturated heterocycles. The second-order valence-corrected chi connectivity index (χ2v) is 9.38. The number of nitrogens with zero attached hydrogens (tertiary/aromatic N) is 1. The number of carbonyl (C=O) groups excluding carboxylic acids is 1. The van der Waals surface area contributed by atoms with Crippen molar-refractivity contribution in [2.24, 2.45) is 0 Å². The van der Waals surface area contributed by atoms with Gasteiger partial charge in [0.2, 0.25) is 0 Å². The van der Waals surface area contributed by atoms with Crippen LogP contribution in [0.4, 0.5) is 0 Å². The minimum Gasteiger partial charge on any atom is -0.478 e. The van der Waals surface area contributed by atoms with E-state index in [0.717, 1.165) is 11.1 Å². The number of nitriles is 1. The van der Waals surface area contributed by atoms with Gasteiger partial charge in [0.15, 0.2) is 5.60 Å². The van der Waals surface area contributed by atoms with Gasteiger partial charge in [-0.1, -0.05) is 53.5 Å². The predicted molar refractivity (Wildman–Crippen MR) is 133 cm³/mol. The zero-order valence-corrected chi connectivity index (χ0v) is 20.3. The summed E-state index contributed by atoms with van der Waals surface area (Å²) in [5.74, 6) is 0.215. The lowest BCUT2D eigenvalue weighted by Crippen LogP contribution is -2.51. The smallest absolute Gasteiger partial charge is 0.263 e. The molecule has 0 heterocycles. The minimum atomic E-state index is -1.11. The van der Waals surface area contributed by atoms with Crippen molar-refractivity contribution in [1.82, 2.24) is 5.32 Å². The van der Waals surface area contributed by atoms with Crippen LogP contribution in [0.15, 0.2) is 72.8 Å². The molecule has 0 aliphatic heterocycles. The maximum Gasteiger partial charge on any atom is 0.263 e. The van der Waals surface area contributed by atoms with Crippen LogP contribution in [0.1, 0.15) is 43.4 Å². The number of amides is 1. The fourth-order valence-electron chi connectivity index (χ4n) is 3.65. The van der Waals surface area contributed by atoms with Gasteiger partial charge in [-0.3, -0.25) is 4.79 Å². The zero-order valence-electron chi connectivity index (χ0n) is 18.8. The van der Waals surface area contributed by atoms with Crippen molar-refractivity contribution in [3.63, 3.8) is 0 Å². The van der Waals surface area contributed by atoms with E-state index in [1.165, 1.54) is 0 Å². The van der Waals surface area contributed by atoms with Crippen LogP contribution in [0, 0.1) is 11.3 Å². The third-order valence-corrected chi connectivity index (χ3v) is 5.98. The van der Waals surface area contributed by atoms with Crippen LogP contribution in [-0.2, 0) is 11.2 Å². The molecule has 0 bridgehead atoms. The van der Waals surface area contributed by atoms with Crippen molar-refractivity contribution in [3.05, 3.63) is 99.5 Å². The van der Waals surface area contributed by atoms with E-state index in [1.807, 2.05) is 49.4 Å². The average Bonchev–Trinajstić information content (AvgIpc) is 2.78. The Labute approximate surface area is 205 Å². The Morgan fingerprint density at radius 1 is 1.03 bits per heavy atom. The van der Waals surface area contributed by atoms with Gasteiger partial charge in [-0.2, -0.15) is 5.26 Å². The van der Waals surface area contributed by atoms with E-state index in [0.29, 0.717) is 27.8 Å². The van der Waals surface area contributed by atoms with Crippen LogP contribution in [0.25, 0.3) is 0 Å². The molecule has 0 radical (unpaired) electrons. The molecule has 4 nitrogen and oxygen atoms in total. The first-order valence-corrected chi connectivity index (χ1v) is 11.4. The molecule has 3 aromatic rings. The Balaban J connectivity index is 1.82. The van der Waals surface area contributed by atoms with Crippen LogP contribution < -0.4 is 10.1 Å². The lowest BCUT2D eigenvalue weighted by Gasteiger charge is -2.31. The molecule has 0 saturated carbocycles. The first kappa shape index (κ1) is 24.6. The molecule has 1 amide bonds. The van der Waals surface area contributed by atoms with Crippen molar-refractivity contribution in [1.29, 1.82) is 5.26 Å².